The minimum Gasteiger partial charge on any atom is -0.375 e. The van der Waals surface area contributed by atoms with Crippen LogP contribution in [-0.4, -0.2) is 17.3 Å². The Bertz CT molecular complexity index is 374. The van der Waals surface area contributed by atoms with Gasteiger partial charge in [0, 0.05) is 0 Å². The molecule has 0 spiro atoms. The molecule has 0 unspecified atom stereocenters. The van der Waals surface area contributed by atoms with Crippen molar-refractivity contribution in [3.8, 4) is 0 Å². The number of thiocarbonyl (C=S) groups is 2. The molecule has 1 aromatic rings. The first-order chi connectivity index (χ1) is 8.09. The largest absolute Gasteiger partial charge is 0.538 e. The number of nitrogens with one attached hydrogen (secondary N) is 2. The molecule has 17 heavy (non-hydrogen) atoms. The lowest BCUT2D eigenvalue weighted by Crippen LogP contribution is -2.48. The van der Waals surface area contributed by atoms with Crippen molar-refractivity contribution in [3.63, 3.8) is 0 Å². The zero-order valence-corrected chi connectivity index (χ0v) is 10.4. The lowest BCUT2D eigenvalue weighted by Gasteiger charge is -2.14. The van der Waals surface area contributed by atoms with Gasteiger partial charge in [0.15, 0.2) is 10.2 Å². The molecule has 1 aromatic carbocycles. The second-order valence-corrected chi connectivity index (χ2v) is 3.79. The topological polar surface area (TPSA) is 94.6 Å². The Morgan fingerprint density at radius 3 is 1.88 bits per heavy atom. The van der Waals surface area contributed by atoms with Crippen molar-refractivity contribution in [1.29, 1.82) is 0 Å². The normalized spacial score (nSPS) is 9.41. The van der Waals surface area contributed by atoms with Crippen molar-refractivity contribution in [2.24, 2.45) is 11.5 Å². The molecule has 0 radical (unpaired) electrons. The van der Waals surface area contributed by atoms with Crippen molar-refractivity contribution in [2.45, 2.75) is 0 Å². The number of hydrogen-bond donors (Lipinski definition) is 4. The fourth-order valence-electron chi connectivity index (χ4n) is 0.994. The molecule has 6 nitrogen and oxygen atoms in total. The van der Waals surface area contributed by atoms with E-state index in [0.717, 1.165) is 5.46 Å². The molecule has 1 rings (SSSR count). The van der Waals surface area contributed by atoms with E-state index in [1.165, 1.54) is 0 Å². The molecule has 0 saturated heterocycles. The van der Waals surface area contributed by atoms with E-state index in [4.69, 9.17) is 21.0 Å². The van der Waals surface area contributed by atoms with E-state index >= 15 is 0 Å². The van der Waals surface area contributed by atoms with Crippen molar-refractivity contribution in [3.05, 3.63) is 30.3 Å². The highest BCUT2D eigenvalue weighted by atomic mass is 32.1. The van der Waals surface area contributed by atoms with E-state index in [2.05, 4.69) is 35.4 Å². The van der Waals surface area contributed by atoms with E-state index in [9.17, 15) is 0 Å². The van der Waals surface area contributed by atoms with Crippen LogP contribution >= 0.6 is 24.4 Å². The average Bonchev–Trinajstić information content (AvgIpc) is 2.29. The van der Waals surface area contributed by atoms with E-state index < -0.39 is 7.12 Å². The first-order valence-corrected chi connectivity index (χ1v) is 5.38. The SMILES string of the molecule is NC(=S)NOB(ONC(N)=S)c1ccccc1. The molecular formula is C8H11BN4O2S2. The van der Waals surface area contributed by atoms with Crippen LogP contribution in [0.5, 0.6) is 0 Å². The molecule has 0 aromatic heterocycles. The lowest BCUT2D eigenvalue weighted by molar-refractivity contribution is 0.151. The van der Waals surface area contributed by atoms with Crippen molar-refractivity contribution in [1.82, 2.24) is 11.0 Å². The standard InChI is InChI=1S/C8H11BN4O2S2/c10-7(16)12-14-9(15-13-8(11)17)6-4-2-1-3-5-6/h1-5H,(H3,10,12,16)(H3,11,13,17). The summed E-state index contributed by atoms with van der Waals surface area (Å²) in [4.78, 5) is 0. The maximum Gasteiger partial charge on any atom is 0.538 e. The van der Waals surface area contributed by atoms with Crippen LogP contribution in [-0.2, 0) is 9.51 Å². The lowest BCUT2D eigenvalue weighted by atomic mass is 9.80. The van der Waals surface area contributed by atoms with Gasteiger partial charge in [-0.2, -0.15) is 0 Å². The van der Waals surface area contributed by atoms with Gasteiger partial charge < -0.3 is 11.5 Å². The highest BCUT2D eigenvalue weighted by Crippen LogP contribution is 1.90. The second-order valence-electron chi connectivity index (χ2n) is 2.91. The van der Waals surface area contributed by atoms with Gasteiger partial charge in [0.25, 0.3) is 0 Å². The minimum atomic E-state index is -0.792. The van der Waals surface area contributed by atoms with E-state index in [0.29, 0.717) is 0 Å². The number of hydrogen-bond acceptors (Lipinski definition) is 4. The van der Waals surface area contributed by atoms with Crippen molar-refractivity contribution >= 4 is 47.2 Å². The van der Waals surface area contributed by atoms with E-state index in [1.807, 2.05) is 18.2 Å². The molecule has 90 valence electrons. The summed E-state index contributed by atoms with van der Waals surface area (Å²) < 4.78 is 10.2. The van der Waals surface area contributed by atoms with Crippen molar-refractivity contribution in [2.75, 3.05) is 0 Å². The van der Waals surface area contributed by atoms with Crippen molar-refractivity contribution < 1.29 is 9.51 Å². The van der Waals surface area contributed by atoms with E-state index in [-0.39, 0.29) is 10.2 Å². The third-order valence-electron chi connectivity index (χ3n) is 1.60. The quantitative estimate of drug-likeness (QED) is 0.305. The summed E-state index contributed by atoms with van der Waals surface area (Å²) in [6, 6.07) is 9.12. The van der Waals surface area contributed by atoms with Crippen LogP contribution < -0.4 is 27.9 Å². The van der Waals surface area contributed by atoms with Crippen LogP contribution in [0.4, 0.5) is 0 Å². The van der Waals surface area contributed by atoms with Gasteiger partial charge in [-0.15, -0.1) is 0 Å². The number of nitrogens with two attached hydrogens (primary N) is 2. The highest BCUT2D eigenvalue weighted by Gasteiger charge is 2.23. The molecule has 0 fully saturated rings. The van der Waals surface area contributed by atoms with Gasteiger partial charge in [0.05, 0.1) is 0 Å². The average molecular weight is 270 g/mol. The Morgan fingerprint density at radius 1 is 1.00 bits per heavy atom. The van der Waals surface area contributed by atoms with Gasteiger partial charge in [0.1, 0.15) is 0 Å². The number of benzene rings is 1. The summed E-state index contributed by atoms with van der Waals surface area (Å²) in [7, 11) is -0.792. The Hall–Kier alpha value is -1.42. The molecule has 0 aliphatic rings. The van der Waals surface area contributed by atoms with E-state index in [1.54, 1.807) is 12.1 Å². The predicted molar refractivity (Wildman–Crippen MR) is 73.8 cm³/mol. The third-order valence-corrected chi connectivity index (χ3v) is 1.77. The molecule has 6 N–H and O–H groups in total. The van der Waals surface area contributed by atoms with Crippen LogP contribution in [0.15, 0.2) is 30.3 Å². The monoisotopic (exact) mass is 270 g/mol. The molecule has 0 heterocycles. The van der Waals surface area contributed by atoms with Gasteiger partial charge in [0.2, 0.25) is 0 Å². The summed E-state index contributed by atoms with van der Waals surface area (Å²) >= 11 is 9.23. The van der Waals surface area contributed by atoms with Crippen LogP contribution in [0.3, 0.4) is 0 Å². The molecule has 0 saturated carbocycles. The van der Waals surface area contributed by atoms with Gasteiger partial charge in [-0.3, -0.25) is 20.5 Å². The molecule has 0 aliphatic heterocycles. The first-order valence-electron chi connectivity index (χ1n) is 4.56. The Kier molecular flexibility index (Phi) is 5.63. The molecule has 0 aliphatic carbocycles. The first kappa shape index (κ1) is 13.6. The van der Waals surface area contributed by atoms with Gasteiger partial charge >= 0.3 is 7.12 Å². The maximum absolute atomic E-state index is 5.24. The Morgan fingerprint density at radius 2 is 1.47 bits per heavy atom. The smallest absolute Gasteiger partial charge is 0.375 e. The summed E-state index contributed by atoms with van der Waals surface area (Å²) in [5.41, 5.74) is 15.9. The fraction of sp³-hybridized carbons (Fsp3) is 0. The minimum absolute atomic E-state index is 0.00939. The van der Waals surface area contributed by atoms with Gasteiger partial charge in [-0.25, -0.2) is 0 Å². The predicted octanol–water partition coefficient (Wildman–Crippen LogP) is -1.09. The van der Waals surface area contributed by atoms with Gasteiger partial charge in [-0.1, -0.05) is 30.3 Å². The Labute approximate surface area is 110 Å². The summed E-state index contributed by atoms with van der Waals surface area (Å²) in [5, 5.41) is -0.0188. The zero-order chi connectivity index (χ0) is 12.7. The van der Waals surface area contributed by atoms with Crippen LogP contribution in [0.2, 0.25) is 0 Å². The second kappa shape index (κ2) is 7.02. The summed E-state index contributed by atoms with van der Waals surface area (Å²) in [6.07, 6.45) is 0. The number of rotatable bonds is 5. The maximum atomic E-state index is 5.24. The molecule has 0 amide bonds. The van der Waals surface area contributed by atoms with Crippen LogP contribution in [0, 0.1) is 0 Å². The molecular weight excluding hydrogens is 259 g/mol. The van der Waals surface area contributed by atoms with Gasteiger partial charge in [-0.05, 0) is 29.9 Å². The fourth-order valence-corrected chi connectivity index (χ4v) is 1.09. The van der Waals surface area contributed by atoms with Crippen LogP contribution in [0.25, 0.3) is 0 Å². The Balaban J connectivity index is 2.64. The highest BCUT2D eigenvalue weighted by molar-refractivity contribution is 7.80. The summed E-state index contributed by atoms with van der Waals surface area (Å²) in [6.45, 7) is 0. The molecule has 9 heteroatoms. The number of hydroxylamine groups is 2. The van der Waals surface area contributed by atoms with Crippen LogP contribution in [0.1, 0.15) is 0 Å². The molecule has 0 bridgehead atoms. The third kappa shape index (κ3) is 5.45. The zero-order valence-electron chi connectivity index (χ0n) is 8.75. The molecule has 0 atom stereocenters. The summed E-state index contributed by atoms with van der Waals surface area (Å²) in [5.74, 6) is 0.